The van der Waals surface area contributed by atoms with Crippen LogP contribution in [-0.2, 0) is 0 Å². The van der Waals surface area contributed by atoms with Crippen molar-refractivity contribution in [3.63, 3.8) is 0 Å². The van der Waals surface area contributed by atoms with Gasteiger partial charge < -0.3 is 0 Å². The molecular weight excluding hydrogens is 184 g/mol. The second-order valence-corrected chi connectivity index (χ2v) is 3.04. The second-order valence-electron chi connectivity index (χ2n) is 3.04. The van der Waals surface area contributed by atoms with Gasteiger partial charge in [0.2, 0.25) is 6.21 Å². The van der Waals surface area contributed by atoms with Gasteiger partial charge in [-0.1, -0.05) is 38.6 Å². The molecule has 0 amide bonds. The lowest BCUT2D eigenvalue weighted by atomic mass is 10.2. The smallest absolute Gasteiger partial charge is 0.171 e. The molecule has 0 saturated carbocycles. The Morgan fingerprint density at radius 1 is 1.27 bits per heavy atom. The van der Waals surface area contributed by atoms with E-state index in [-0.39, 0.29) is 0 Å². The number of nitrogens with zero attached hydrogens (tertiary/aromatic N) is 1. The summed E-state index contributed by atoms with van der Waals surface area (Å²) in [6.45, 7) is 9.69. The molecule has 82 valence electrons. The van der Waals surface area contributed by atoms with Crippen LogP contribution in [0.15, 0.2) is 42.6 Å². The molecule has 0 heterocycles. The van der Waals surface area contributed by atoms with Crippen molar-refractivity contribution in [2.24, 2.45) is 0 Å². The van der Waals surface area contributed by atoms with E-state index in [2.05, 4.69) is 24.1 Å². The molecule has 1 aromatic carbocycles. The third kappa shape index (κ3) is 6.49. The molecule has 0 saturated heterocycles. The van der Waals surface area contributed by atoms with Crippen molar-refractivity contribution in [2.45, 2.75) is 20.8 Å². The van der Waals surface area contributed by atoms with Crippen LogP contribution in [0.5, 0.6) is 0 Å². The number of hydrogen-bond donors (Lipinski definition) is 1. The number of hydrazone groups is 1. The van der Waals surface area contributed by atoms with Gasteiger partial charge in [-0.15, -0.1) is 4.68 Å². The highest BCUT2D eigenvalue weighted by atomic mass is 15.4. The summed E-state index contributed by atoms with van der Waals surface area (Å²) in [6, 6.07) is 10.1. The van der Waals surface area contributed by atoms with E-state index in [1.807, 2.05) is 56.9 Å². The van der Waals surface area contributed by atoms with Crippen molar-refractivity contribution in [1.29, 1.82) is 0 Å². The zero-order valence-corrected chi connectivity index (χ0v) is 10.1. The summed E-state index contributed by atoms with van der Waals surface area (Å²) < 4.78 is 1.89. The maximum atomic E-state index is 3.76. The van der Waals surface area contributed by atoms with Crippen LogP contribution < -0.4 is 5.43 Å². The molecule has 0 aliphatic carbocycles. The van der Waals surface area contributed by atoms with Gasteiger partial charge in [0.25, 0.3) is 0 Å². The predicted octanol–water partition coefficient (Wildman–Crippen LogP) is 2.81. The summed E-state index contributed by atoms with van der Waals surface area (Å²) in [7, 11) is 1.95. The highest BCUT2D eigenvalue weighted by molar-refractivity contribution is 5.75. The molecule has 0 aliphatic heterocycles. The molecule has 0 bridgehead atoms. The first-order chi connectivity index (χ1) is 7.18. The first kappa shape index (κ1) is 13.4. The standard InChI is InChI=1S/C11H15N2.C2H6/c1-10(2)12-13(3)9-11-7-5-4-6-8-11;1-2/h4-9,12H,1H2,2-3H3;1-2H3/q+1;. The Labute approximate surface area is 92.9 Å². The van der Waals surface area contributed by atoms with E-state index in [4.69, 9.17) is 0 Å². The number of hydrazine groups is 1. The van der Waals surface area contributed by atoms with Crippen molar-refractivity contribution in [2.75, 3.05) is 7.05 Å². The Morgan fingerprint density at radius 3 is 2.27 bits per heavy atom. The van der Waals surface area contributed by atoms with Crippen molar-refractivity contribution < 1.29 is 4.68 Å². The van der Waals surface area contributed by atoms with Gasteiger partial charge in [0.1, 0.15) is 0 Å². The molecule has 0 atom stereocenters. The lowest BCUT2D eigenvalue weighted by Crippen LogP contribution is -2.24. The zero-order chi connectivity index (χ0) is 11.7. The maximum Gasteiger partial charge on any atom is 0.200 e. The molecule has 1 N–H and O–H groups in total. The highest BCUT2D eigenvalue weighted by Crippen LogP contribution is 1.93. The van der Waals surface area contributed by atoms with Crippen molar-refractivity contribution in [3.05, 3.63) is 48.2 Å². The quantitative estimate of drug-likeness (QED) is 0.455. The first-order valence-electron chi connectivity index (χ1n) is 5.23. The lowest BCUT2D eigenvalue weighted by molar-refractivity contribution is -0.546. The maximum absolute atomic E-state index is 3.76. The molecule has 1 aromatic rings. The van der Waals surface area contributed by atoms with Crippen LogP contribution in [-0.4, -0.2) is 17.9 Å². The second kappa shape index (κ2) is 7.80. The Hall–Kier alpha value is -1.57. The average molecular weight is 205 g/mol. The predicted molar refractivity (Wildman–Crippen MR) is 67.1 cm³/mol. The molecule has 0 spiro atoms. The van der Waals surface area contributed by atoms with E-state index >= 15 is 0 Å². The third-order valence-corrected chi connectivity index (χ3v) is 1.51. The van der Waals surface area contributed by atoms with Gasteiger partial charge in [-0.25, -0.2) is 0 Å². The third-order valence-electron chi connectivity index (χ3n) is 1.51. The summed E-state index contributed by atoms with van der Waals surface area (Å²) in [5.74, 6) is 0. The van der Waals surface area contributed by atoms with E-state index in [1.54, 1.807) is 0 Å². The minimum Gasteiger partial charge on any atom is -0.171 e. The van der Waals surface area contributed by atoms with Crippen molar-refractivity contribution in [1.82, 2.24) is 5.43 Å². The summed E-state index contributed by atoms with van der Waals surface area (Å²) in [4.78, 5) is 0. The van der Waals surface area contributed by atoms with Crippen LogP contribution in [0.4, 0.5) is 0 Å². The number of hydrogen-bond acceptors (Lipinski definition) is 1. The molecule has 0 aliphatic rings. The first-order valence-corrected chi connectivity index (χ1v) is 5.23. The van der Waals surface area contributed by atoms with Gasteiger partial charge >= 0.3 is 0 Å². The van der Waals surface area contributed by atoms with Gasteiger partial charge in [-0.3, -0.25) is 0 Å². The van der Waals surface area contributed by atoms with E-state index in [9.17, 15) is 0 Å². The number of rotatable bonds is 3. The fourth-order valence-corrected chi connectivity index (χ4v) is 1.10. The Morgan fingerprint density at radius 2 is 1.80 bits per heavy atom. The summed E-state index contributed by atoms with van der Waals surface area (Å²) in [6.07, 6.45) is 2.01. The van der Waals surface area contributed by atoms with E-state index in [0.717, 1.165) is 5.70 Å². The number of nitrogens with one attached hydrogen (secondary N) is 1. The Bertz CT molecular complexity index is 313. The van der Waals surface area contributed by atoms with Crippen LogP contribution >= 0.6 is 0 Å². The monoisotopic (exact) mass is 205 g/mol. The van der Waals surface area contributed by atoms with E-state index in [1.165, 1.54) is 5.56 Å². The normalized spacial score (nSPS) is 10.0. The largest absolute Gasteiger partial charge is 0.200 e. The Balaban J connectivity index is 0.000000921. The molecular formula is C13H21N2+. The molecule has 2 heteroatoms. The van der Waals surface area contributed by atoms with E-state index in [0.29, 0.717) is 0 Å². The fraction of sp³-hybridized carbons (Fsp3) is 0.308. The number of benzene rings is 1. The van der Waals surface area contributed by atoms with Gasteiger partial charge in [0.05, 0.1) is 5.70 Å². The molecule has 0 unspecified atom stereocenters. The molecule has 0 aromatic heterocycles. The van der Waals surface area contributed by atoms with Crippen molar-refractivity contribution >= 4 is 6.21 Å². The van der Waals surface area contributed by atoms with Gasteiger partial charge in [-0.05, 0) is 19.1 Å². The zero-order valence-electron chi connectivity index (χ0n) is 10.1. The SMILES string of the molecule is C=C(C)N[N+](C)=Cc1ccccc1.CC. The summed E-state index contributed by atoms with van der Waals surface area (Å²) in [5, 5.41) is 0. The van der Waals surface area contributed by atoms with Crippen LogP contribution in [0, 0.1) is 0 Å². The lowest BCUT2D eigenvalue weighted by Gasteiger charge is -1.98. The molecule has 2 nitrogen and oxygen atoms in total. The minimum absolute atomic E-state index is 0.926. The molecule has 0 radical (unpaired) electrons. The van der Waals surface area contributed by atoms with Crippen LogP contribution in [0.2, 0.25) is 0 Å². The average Bonchev–Trinajstić information content (AvgIpc) is 2.21. The van der Waals surface area contributed by atoms with Gasteiger partial charge in [0, 0.05) is 5.56 Å². The summed E-state index contributed by atoms with van der Waals surface area (Å²) in [5.41, 5.74) is 5.17. The van der Waals surface area contributed by atoms with Gasteiger partial charge in [-0.2, -0.15) is 5.43 Å². The van der Waals surface area contributed by atoms with Crippen LogP contribution in [0.1, 0.15) is 26.3 Å². The Kier molecular flexibility index (Phi) is 6.98. The fourth-order valence-electron chi connectivity index (χ4n) is 1.10. The number of allylic oxidation sites excluding steroid dienone is 1. The summed E-state index contributed by atoms with van der Waals surface area (Å²) >= 11 is 0. The van der Waals surface area contributed by atoms with Gasteiger partial charge in [0.15, 0.2) is 7.05 Å². The molecule has 0 fully saturated rings. The van der Waals surface area contributed by atoms with Crippen molar-refractivity contribution in [3.8, 4) is 0 Å². The van der Waals surface area contributed by atoms with Crippen LogP contribution in [0.25, 0.3) is 0 Å². The van der Waals surface area contributed by atoms with Crippen LogP contribution in [0.3, 0.4) is 0 Å². The highest BCUT2D eigenvalue weighted by Gasteiger charge is 1.95. The topological polar surface area (TPSA) is 15.0 Å². The van der Waals surface area contributed by atoms with E-state index < -0.39 is 0 Å². The molecule has 1 rings (SSSR count). The molecule has 15 heavy (non-hydrogen) atoms. The minimum atomic E-state index is 0.926.